The van der Waals surface area contributed by atoms with Crippen LogP contribution in [-0.4, -0.2) is 11.8 Å². The van der Waals surface area contributed by atoms with Gasteiger partial charge in [-0.25, -0.2) is 0 Å². The molecule has 0 spiro atoms. The summed E-state index contributed by atoms with van der Waals surface area (Å²) < 4.78 is 0. The number of amides is 2. The van der Waals surface area contributed by atoms with E-state index in [1.54, 1.807) is 17.4 Å². The third-order valence-electron chi connectivity index (χ3n) is 4.01. The van der Waals surface area contributed by atoms with E-state index in [1.807, 2.05) is 66.9 Å². The SMILES string of the molecule is Cc1ccccc1C(=O)Nc1ccc(CC(=O)NCc2cccs2)cc1. The molecule has 0 saturated heterocycles. The van der Waals surface area contributed by atoms with Crippen molar-refractivity contribution in [3.8, 4) is 0 Å². The van der Waals surface area contributed by atoms with Gasteiger partial charge >= 0.3 is 0 Å². The molecule has 2 amide bonds. The second-order valence-corrected chi connectivity index (χ2v) is 7.03. The fourth-order valence-electron chi connectivity index (χ4n) is 2.58. The van der Waals surface area contributed by atoms with Gasteiger partial charge in [-0.3, -0.25) is 9.59 Å². The van der Waals surface area contributed by atoms with Gasteiger partial charge in [0, 0.05) is 16.1 Å². The number of nitrogens with one attached hydrogen (secondary N) is 2. The van der Waals surface area contributed by atoms with Crippen LogP contribution in [0, 0.1) is 6.92 Å². The summed E-state index contributed by atoms with van der Waals surface area (Å²) in [6, 6.07) is 18.8. The molecule has 5 heteroatoms. The Hall–Kier alpha value is -2.92. The molecular formula is C21H20N2O2S. The minimum absolute atomic E-state index is 0.0184. The summed E-state index contributed by atoms with van der Waals surface area (Å²) in [4.78, 5) is 25.5. The summed E-state index contributed by atoms with van der Waals surface area (Å²) in [6.07, 6.45) is 0.317. The molecule has 132 valence electrons. The predicted molar refractivity (Wildman–Crippen MR) is 105 cm³/mol. The molecule has 2 aromatic carbocycles. The van der Waals surface area contributed by atoms with E-state index in [4.69, 9.17) is 0 Å². The number of rotatable bonds is 6. The predicted octanol–water partition coefficient (Wildman–Crippen LogP) is 4.17. The number of carbonyl (C=O) groups is 2. The molecule has 3 aromatic rings. The number of benzene rings is 2. The molecular weight excluding hydrogens is 344 g/mol. The van der Waals surface area contributed by atoms with Gasteiger partial charge in [0.25, 0.3) is 5.91 Å². The number of hydrogen-bond acceptors (Lipinski definition) is 3. The lowest BCUT2D eigenvalue weighted by Crippen LogP contribution is -2.24. The van der Waals surface area contributed by atoms with Crippen LogP contribution in [0.2, 0.25) is 0 Å². The number of anilines is 1. The highest BCUT2D eigenvalue weighted by atomic mass is 32.1. The van der Waals surface area contributed by atoms with Crippen molar-refractivity contribution in [2.75, 3.05) is 5.32 Å². The highest BCUT2D eigenvalue weighted by Gasteiger charge is 2.09. The fraction of sp³-hybridized carbons (Fsp3) is 0.143. The number of hydrogen-bond donors (Lipinski definition) is 2. The Kier molecular flexibility index (Phi) is 5.81. The van der Waals surface area contributed by atoms with Crippen LogP contribution in [0.25, 0.3) is 0 Å². The summed E-state index contributed by atoms with van der Waals surface area (Å²) >= 11 is 1.62. The minimum atomic E-state index is -0.135. The molecule has 26 heavy (non-hydrogen) atoms. The van der Waals surface area contributed by atoms with E-state index in [-0.39, 0.29) is 11.8 Å². The van der Waals surface area contributed by atoms with Crippen molar-refractivity contribution in [2.45, 2.75) is 19.9 Å². The van der Waals surface area contributed by atoms with Crippen molar-refractivity contribution in [2.24, 2.45) is 0 Å². The van der Waals surface area contributed by atoms with Crippen LogP contribution in [0.1, 0.15) is 26.4 Å². The fourth-order valence-corrected chi connectivity index (χ4v) is 3.22. The normalized spacial score (nSPS) is 10.3. The summed E-state index contributed by atoms with van der Waals surface area (Å²) in [5.41, 5.74) is 3.21. The van der Waals surface area contributed by atoms with Crippen LogP contribution < -0.4 is 10.6 Å². The first kappa shape index (κ1) is 17.9. The van der Waals surface area contributed by atoms with Crippen molar-refractivity contribution in [1.29, 1.82) is 0 Å². The molecule has 0 fully saturated rings. The molecule has 0 aliphatic heterocycles. The molecule has 0 aliphatic rings. The van der Waals surface area contributed by atoms with Crippen LogP contribution in [0.3, 0.4) is 0 Å². The Morgan fingerprint density at radius 2 is 1.73 bits per heavy atom. The van der Waals surface area contributed by atoms with E-state index in [9.17, 15) is 9.59 Å². The monoisotopic (exact) mass is 364 g/mol. The Balaban J connectivity index is 1.54. The maximum absolute atomic E-state index is 12.3. The number of aryl methyl sites for hydroxylation is 1. The lowest BCUT2D eigenvalue weighted by Gasteiger charge is -2.09. The Labute approximate surface area is 156 Å². The molecule has 0 radical (unpaired) electrons. The molecule has 2 N–H and O–H groups in total. The first-order chi connectivity index (χ1) is 12.6. The van der Waals surface area contributed by atoms with E-state index in [0.29, 0.717) is 24.2 Å². The highest BCUT2D eigenvalue weighted by molar-refractivity contribution is 7.09. The van der Waals surface area contributed by atoms with Gasteiger partial charge < -0.3 is 10.6 Å². The zero-order valence-electron chi connectivity index (χ0n) is 14.5. The zero-order chi connectivity index (χ0) is 18.4. The Bertz CT molecular complexity index is 887. The van der Waals surface area contributed by atoms with Gasteiger partial charge in [-0.05, 0) is 47.7 Å². The molecule has 3 rings (SSSR count). The van der Waals surface area contributed by atoms with E-state index >= 15 is 0 Å². The average Bonchev–Trinajstić information content (AvgIpc) is 3.15. The quantitative estimate of drug-likeness (QED) is 0.690. The minimum Gasteiger partial charge on any atom is -0.351 e. The lowest BCUT2D eigenvalue weighted by molar-refractivity contribution is -0.120. The van der Waals surface area contributed by atoms with Crippen LogP contribution in [0.5, 0.6) is 0 Å². The standard InChI is InChI=1S/C21H20N2O2S/c1-15-5-2-3-7-19(15)21(25)23-17-10-8-16(9-11-17)13-20(24)22-14-18-6-4-12-26-18/h2-12H,13-14H2,1H3,(H,22,24)(H,23,25). The maximum Gasteiger partial charge on any atom is 0.255 e. The van der Waals surface area contributed by atoms with Crippen molar-refractivity contribution >= 4 is 28.8 Å². The zero-order valence-corrected chi connectivity index (χ0v) is 15.3. The third-order valence-corrected chi connectivity index (χ3v) is 4.88. The van der Waals surface area contributed by atoms with Crippen molar-refractivity contribution in [3.05, 3.63) is 87.6 Å². The van der Waals surface area contributed by atoms with Crippen LogP contribution in [0.15, 0.2) is 66.0 Å². The van der Waals surface area contributed by atoms with Crippen molar-refractivity contribution in [3.63, 3.8) is 0 Å². The second kappa shape index (κ2) is 8.45. The number of thiophene rings is 1. The molecule has 0 unspecified atom stereocenters. The van der Waals surface area contributed by atoms with Crippen LogP contribution in [0.4, 0.5) is 5.69 Å². The van der Waals surface area contributed by atoms with Gasteiger partial charge in [0.05, 0.1) is 13.0 Å². The summed E-state index contributed by atoms with van der Waals surface area (Å²) in [7, 11) is 0. The van der Waals surface area contributed by atoms with Gasteiger partial charge in [-0.1, -0.05) is 36.4 Å². The van der Waals surface area contributed by atoms with Gasteiger partial charge in [0.1, 0.15) is 0 Å². The maximum atomic E-state index is 12.3. The molecule has 1 aromatic heterocycles. The largest absolute Gasteiger partial charge is 0.351 e. The summed E-state index contributed by atoms with van der Waals surface area (Å²) in [5, 5.41) is 7.79. The average molecular weight is 364 g/mol. The Morgan fingerprint density at radius 3 is 2.42 bits per heavy atom. The topological polar surface area (TPSA) is 58.2 Å². The van der Waals surface area contributed by atoms with E-state index in [2.05, 4.69) is 10.6 Å². The summed E-state index contributed by atoms with van der Waals surface area (Å²) in [5.74, 6) is -0.153. The first-order valence-electron chi connectivity index (χ1n) is 8.37. The second-order valence-electron chi connectivity index (χ2n) is 6.00. The summed E-state index contributed by atoms with van der Waals surface area (Å²) in [6.45, 7) is 2.47. The lowest BCUT2D eigenvalue weighted by atomic mass is 10.1. The molecule has 4 nitrogen and oxygen atoms in total. The smallest absolute Gasteiger partial charge is 0.255 e. The molecule has 1 heterocycles. The molecule has 0 atom stereocenters. The van der Waals surface area contributed by atoms with E-state index in [1.165, 1.54) is 0 Å². The Morgan fingerprint density at radius 1 is 0.962 bits per heavy atom. The third kappa shape index (κ3) is 4.80. The molecule has 0 bridgehead atoms. The highest BCUT2D eigenvalue weighted by Crippen LogP contribution is 2.14. The van der Waals surface area contributed by atoms with Crippen LogP contribution >= 0.6 is 11.3 Å². The number of carbonyl (C=O) groups excluding carboxylic acids is 2. The van der Waals surface area contributed by atoms with E-state index in [0.717, 1.165) is 16.0 Å². The van der Waals surface area contributed by atoms with Gasteiger partial charge in [0.15, 0.2) is 0 Å². The molecule has 0 saturated carbocycles. The van der Waals surface area contributed by atoms with Gasteiger partial charge in [0.2, 0.25) is 5.91 Å². The molecule has 0 aliphatic carbocycles. The van der Waals surface area contributed by atoms with Gasteiger partial charge in [-0.15, -0.1) is 11.3 Å². The van der Waals surface area contributed by atoms with Crippen molar-refractivity contribution in [1.82, 2.24) is 5.32 Å². The first-order valence-corrected chi connectivity index (χ1v) is 9.25. The van der Waals surface area contributed by atoms with Gasteiger partial charge in [-0.2, -0.15) is 0 Å². The van der Waals surface area contributed by atoms with Crippen LogP contribution in [-0.2, 0) is 17.8 Å². The van der Waals surface area contributed by atoms with E-state index < -0.39 is 0 Å². The van der Waals surface area contributed by atoms with Crippen molar-refractivity contribution < 1.29 is 9.59 Å².